The average Bonchev–Trinajstić information content (AvgIpc) is 2.43. The van der Waals surface area contributed by atoms with Crippen LogP contribution in [0.15, 0.2) is 18.2 Å². The fourth-order valence-corrected chi connectivity index (χ4v) is 2.75. The highest BCUT2D eigenvalue weighted by molar-refractivity contribution is 6.17. The Morgan fingerprint density at radius 1 is 1.26 bits per heavy atom. The Balaban J connectivity index is 2.98. The Hall–Kier alpha value is -0.730. The molecule has 0 bridgehead atoms. The molecule has 0 aliphatic rings. The van der Waals surface area contributed by atoms with Crippen LogP contribution in [0.4, 0.5) is 5.69 Å². The molecule has 1 aromatic rings. The van der Waals surface area contributed by atoms with Crippen molar-refractivity contribution < 1.29 is 4.74 Å². The summed E-state index contributed by atoms with van der Waals surface area (Å²) >= 11 is 5.93. The second kappa shape index (κ2) is 8.44. The standard InChI is InChI=1S/C16H26ClNO/c1-5-15(6-2)18(9-10-19-4)16-8-7-14(12-17)13(3)11-16/h7-8,11,15H,5-6,9-10,12H2,1-4H3. The molecule has 0 heterocycles. The lowest BCUT2D eigenvalue weighted by molar-refractivity contribution is 0.202. The minimum Gasteiger partial charge on any atom is -0.383 e. The fourth-order valence-electron chi connectivity index (χ4n) is 2.45. The van der Waals surface area contributed by atoms with Crippen molar-refractivity contribution in [3.63, 3.8) is 0 Å². The first kappa shape index (κ1) is 16.3. The average molecular weight is 284 g/mol. The predicted octanol–water partition coefficient (Wildman–Crippen LogP) is 4.38. The summed E-state index contributed by atoms with van der Waals surface area (Å²) in [6.07, 6.45) is 2.30. The maximum absolute atomic E-state index is 5.93. The molecule has 0 unspecified atom stereocenters. The molecule has 0 saturated heterocycles. The highest BCUT2D eigenvalue weighted by atomic mass is 35.5. The Bertz CT molecular complexity index is 377. The third-order valence-corrected chi connectivity index (χ3v) is 4.01. The molecule has 0 aliphatic carbocycles. The van der Waals surface area contributed by atoms with Gasteiger partial charge in [0.25, 0.3) is 0 Å². The number of alkyl halides is 1. The van der Waals surface area contributed by atoms with Crippen LogP contribution in [-0.4, -0.2) is 26.3 Å². The monoisotopic (exact) mass is 283 g/mol. The summed E-state index contributed by atoms with van der Waals surface area (Å²) in [5, 5.41) is 0. The minimum absolute atomic E-state index is 0.566. The van der Waals surface area contributed by atoms with Gasteiger partial charge in [-0.2, -0.15) is 0 Å². The summed E-state index contributed by atoms with van der Waals surface area (Å²) in [6.45, 7) is 8.31. The Morgan fingerprint density at radius 2 is 1.95 bits per heavy atom. The summed E-state index contributed by atoms with van der Waals surface area (Å²) in [5.41, 5.74) is 3.75. The van der Waals surface area contributed by atoms with E-state index >= 15 is 0 Å². The van der Waals surface area contributed by atoms with Crippen molar-refractivity contribution in [1.29, 1.82) is 0 Å². The lowest BCUT2D eigenvalue weighted by Gasteiger charge is -2.33. The van der Waals surface area contributed by atoms with Crippen molar-refractivity contribution in [3.05, 3.63) is 29.3 Å². The van der Waals surface area contributed by atoms with E-state index in [0.29, 0.717) is 11.9 Å². The second-order valence-corrected chi connectivity index (χ2v) is 5.17. The maximum atomic E-state index is 5.93. The molecule has 1 aromatic carbocycles. The van der Waals surface area contributed by atoms with Gasteiger partial charge in [-0.15, -0.1) is 11.6 Å². The quantitative estimate of drug-likeness (QED) is 0.657. The molecule has 108 valence electrons. The van der Waals surface area contributed by atoms with Crippen LogP contribution in [0.5, 0.6) is 0 Å². The molecule has 0 aliphatic heterocycles. The molecule has 0 saturated carbocycles. The lowest BCUT2D eigenvalue weighted by atomic mass is 10.1. The molecule has 0 fully saturated rings. The molecule has 0 radical (unpaired) electrons. The van der Waals surface area contributed by atoms with Gasteiger partial charge in [0.1, 0.15) is 0 Å². The smallest absolute Gasteiger partial charge is 0.0637 e. The van der Waals surface area contributed by atoms with Gasteiger partial charge in [0.15, 0.2) is 0 Å². The largest absolute Gasteiger partial charge is 0.383 e. The van der Waals surface area contributed by atoms with Crippen molar-refractivity contribution >= 4 is 17.3 Å². The summed E-state index contributed by atoms with van der Waals surface area (Å²) in [4.78, 5) is 2.45. The van der Waals surface area contributed by atoms with E-state index < -0.39 is 0 Å². The van der Waals surface area contributed by atoms with Crippen molar-refractivity contribution in [2.45, 2.75) is 45.5 Å². The van der Waals surface area contributed by atoms with Crippen LogP contribution in [-0.2, 0) is 10.6 Å². The Kier molecular flexibility index (Phi) is 7.25. The van der Waals surface area contributed by atoms with E-state index in [4.69, 9.17) is 16.3 Å². The molecule has 0 aromatic heterocycles. The molecule has 3 heteroatoms. The first-order valence-corrected chi connectivity index (χ1v) is 7.62. The number of benzene rings is 1. The number of nitrogens with zero attached hydrogens (tertiary/aromatic N) is 1. The second-order valence-electron chi connectivity index (χ2n) is 4.90. The first-order chi connectivity index (χ1) is 9.17. The van der Waals surface area contributed by atoms with Crippen LogP contribution in [0.25, 0.3) is 0 Å². The van der Waals surface area contributed by atoms with E-state index in [1.807, 2.05) is 0 Å². The number of ether oxygens (including phenoxy) is 1. The number of hydrogen-bond donors (Lipinski definition) is 0. The molecule has 2 nitrogen and oxygen atoms in total. The summed E-state index contributed by atoms with van der Waals surface area (Å²) in [5.74, 6) is 0.579. The molecular formula is C16H26ClNO. The fraction of sp³-hybridized carbons (Fsp3) is 0.625. The van der Waals surface area contributed by atoms with Gasteiger partial charge in [0, 0.05) is 31.3 Å². The minimum atomic E-state index is 0.566. The van der Waals surface area contributed by atoms with E-state index in [0.717, 1.165) is 26.0 Å². The van der Waals surface area contributed by atoms with Crippen LogP contribution in [0.1, 0.15) is 37.8 Å². The summed E-state index contributed by atoms with van der Waals surface area (Å²) in [6, 6.07) is 7.13. The molecule has 0 atom stereocenters. The zero-order chi connectivity index (χ0) is 14.3. The van der Waals surface area contributed by atoms with Gasteiger partial charge in [-0.1, -0.05) is 19.9 Å². The van der Waals surface area contributed by atoms with Crippen molar-refractivity contribution in [1.82, 2.24) is 0 Å². The predicted molar refractivity (Wildman–Crippen MR) is 84.3 cm³/mol. The van der Waals surface area contributed by atoms with Gasteiger partial charge in [-0.3, -0.25) is 0 Å². The number of halogens is 1. The van der Waals surface area contributed by atoms with E-state index in [-0.39, 0.29) is 0 Å². The first-order valence-electron chi connectivity index (χ1n) is 7.08. The van der Waals surface area contributed by atoms with Crippen LogP contribution in [0.3, 0.4) is 0 Å². The Labute approximate surface area is 122 Å². The summed E-state index contributed by atoms with van der Waals surface area (Å²) < 4.78 is 5.25. The molecule has 19 heavy (non-hydrogen) atoms. The van der Waals surface area contributed by atoms with Crippen LogP contribution < -0.4 is 4.90 Å². The Morgan fingerprint density at radius 3 is 2.42 bits per heavy atom. The van der Waals surface area contributed by atoms with Gasteiger partial charge in [0.05, 0.1) is 6.61 Å². The maximum Gasteiger partial charge on any atom is 0.0637 e. The van der Waals surface area contributed by atoms with Gasteiger partial charge in [-0.05, 0) is 43.0 Å². The normalized spacial score (nSPS) is 11.1. The van der Waals surface area contributed by atoms with E-state index in [1.54, 1.807) is 7.11 Å². The van der Waals surface area contributed by atoms with Crippen LogP contribution in [0, 0.1) is 6.92 Å². The van der Waals surface area contributed by atoms with E-state index in [2.05, 4.69) is 43.9 Å². The third kappa shape index (κ3) is 4.39. The highest BCUT2D eigenvalue weighted by Crippen LogP contribution is 2.24. The molecule has 0 N–H and O–H groups in total. The molecule has 1 rings (SSSR count). The van der Waals surface area contributed by atoms with Gasteiger partial charge >= 0.3 is 0 Å². The molecule has 0 amide bonds. The third-order valence-electron chi connectivity index (χ3n) is 3.72. The van der Waals surface area contributed by atoms with Gasteiger partial charge in [0.2, 0.25) is 0 Å². The SMILES string of the molecule is CCC(CC)N(CCOC)c1ccc(CCl)c(C)c1. The van der Waals surface area contributed by atoms with E-state index in [9.17, 15) is 0 Å². The van der Waals surface area contributed by atoms with Gasteiger partial charge < -0.3 is 9.64 Å². The van der Waals surface area contributed by atoms with Crippen LogP contribution in [0.2, 0.25) is 0 Å². The topological polar surface area (TPSA) is 12.5 Å². The zero-order valence-corrected chi connectivity index (χ0v) is 13.3. The molecule has 0 spiro atoms. The number of hydrogen-bond acceptors (Lipinski definition) is 2. The van der Waals surface area contributed by atoms with Crippen molar-refractivity contribution in [3.8, 4) is 0 Å². The van der Waals surface area contributed by atoms with E-state index in [1.165, 1.54) is 16.8 Å². The van der Waals surface area contributed by atoms with Crippen molar-refractivity contribution in [2.24, 2.45) is 0 Å². The number of methoxy groups -OCH3 is 1. The number of anilines is 1. The number of aryl methyl sites for hydroxylation is 1. The van der Waals surface area contributed by atoms with Crippen molar-refractivity contribution in [2.75, 3.05) is 25.2 Å². The zero-order valence-electron chi connectivity index (χ0n) is 12.6. The summed E-state index contributed by atoms with van der Waals surface area (Å²) in [7, 11) is 1.76. The molecular weight excluding hydrogens is 258 g/mol. The van der Waals surface area contributed by atoms with Gasteiger partial charge in [-0.25, -0.2) is 0 Å². The lowest BCUT2D eigenvalue weighted by Crippen LogP contribution is -2.37. The number of rotatable bonds is 8. The van der Waals surface area contributed by atoms with Crippen LogP contribution >= 0.6 is 11.6 Å². The highest BCUT2D eigenvalue weighted by Gasteiger charge is 2.16.